The van der Waals surface area contributed by atoms with Crippen LogP contribution in [0.1, 0.15) is 48.8 Å². The second-order valence-corrected chi connectivity index (χ2v) is 11.6. The molecule has 0 radical (unpaired) electrons. The summed E-state index contributed by atoms with van der Waals surface area (Å²) >= 11 is 0. The van der Waals surface area contributed by atoms with Crippen LogP contribution in [0, 0.1) is 0 Å². The van der Waals surface area contributed by atoms with Crippen LogP contribution in [0.5, 0.6) is 23.0 Å². The van der Waals surface area contributed by atoms with Gasteiger partial charge in [0.05, 0.1) is 16.9 Å². The molecule has 5 atom stereocenters. The normalized spacial score (nSPS) is 29.3. The van der Waals surface area contributed by atoms with Gasteiger partial charge in [0.15, 0.2) is 11.5 Å². The highest BCUT2D eigenvalue weighted by atomic mass is 16.6. The number of hydrogen-bond donors (Lipinski definition) is 1. The Kier molecular flexibility index (Phi) is 5.45. The van der Waals surface area contributed by atoms with Gasteiger partial charge in [0.1, 0.15) is 17.6 Å². The number of aliphatic hydroxyl groups is 1. The summed E-state index contributed by atoms with van der Waals surface area (Å²) in [5.41, 5.74) is 2.54. The molecule has 1 saturated carbocycles. The Labute approximate surface area is 228 Å². The summed E-state index contributed by atoms with van der Waals surface area (Å²) < 4.78 is 18.6. The molecule has 1 spiro atoms. The maximum Gasteiger partial charge on any atom is 0.318 e. The van der Waals surface area contributed by atoms with Crippen LogP contribution >= 0.6 is 0 Å². The van der Waals surface area contributed by atoms with Crippen LogP contribution in [0.4, 0.5) is 0 Å². The summed E-state index contributed by atoms with van der Waals surface area (Å²) in [6.45, 7) is 7.06. The minimum absolute atomic E-state index is 0.0303. The summed E-state index contributed by atoms with van der Waals surface area (Å²) in [4.78, 5) is 15.7. The number of ether oxygens (including phenoxy) is 3. The van der Waals surface area contributed by atoms with Crippen molar-refractivity contribution >= 4 is 5.97 Å². The zero-order valence-corrected chi connectivity index (χ0v) is 22.4. The minimum atomic E-state index is -0.904. The molecule has 200 valence electrons. The van der Waals surface area contributed by atoms with Crippen LogP contribution in [0.25, 0.3) is 0 Å². The average molecular weight is 524 g/mol. The SMILES string of the molecule is C=C1CC[C@@]2(O)C3Cc4ccc(OC(=O)C(C)c5cccc(Oc6ccccc6)c5)c5c4C2(CCN3C)C1O5. The zero-order valence-electron chi connectivity index (χ0n) is 22.4. The highest BCUT2D eigenvalue weighted by molar-refractivity contribution is 5.81. The zero-order chi connectivity index (χ0) is 26.9. The van der Waals surface area contributed by atoms with Crippen molar-refractivity contribution in [1.82, 2.24) is 4.90 Å². The highest BCUT2D eigenvalue weighted by Gasteiger charge is 2.71. The Morgan fingerprint density at radius 2 is 1.90 bits per heavy atom. The first-order valence-electron chi connectivity index (χ1n) is 13.8. The van der Waals surface area contributed by atoms with Gasteiger partial charge < -0.3 is 24.2 Å². The molecule has 1 saturated heterocycles. The summed E-state index contributed by atoms with van der Waals surface area (Å²) in [6, 6.07) is 21.0. The summed E-state index contributed by atoms with van der Waals surface area (Å²) in [6.07, 6.45) is 2.61. The lowest BCUT2D eigenvalue weighted by Crippen LogP contribution is -2.74. The molecule has 3 aromatic rings. The predicted octanol–water partition coefficient (Wildman–Crippen LogP) is 5.53. The van der Waals surface area contributed by atoms with E-state index in [1.54, 1.807) is 0 Å². The van der Waals surface area contributed by atoms with Gasteiger partial charge in [-0.05, 0) is 93.2 Å². The molecule has 39 heavy (non-hydrogen) atoms. The maximum atomic E-state index is 13.5. The maximum absolute atomic E-state index is 13.5. The first-order valence-corrected chi connectivity index (χ1v) is 13.8. The lowest BCUT2D eigenvalue weighted by Gasteiger charge is -2.62. The molecule has 4 unspecified atom stereocenters. The van der Waals surface area contributed by atoms with Gasteiger partial charge in [0.2, 0.25) is 0 Å². The minimum Gasteiger partial charge on any atom is -0.481 e. The number of nitrogens with zero attached hydrogens (tertiary/aromatic N) is 1. The van der Waals surface area contributed by atoms with Gasteiger partial charge in [-0.2, -0.15) is 0 Å². The van der Waals surface area contributed by atoms with E-state index in [-0.39, 0.29) is 18.1 Å². The fourth-order valence-electron chi connectivity index (χ4n) is 7.54. The molecule has 6 heteroatoms. The van der Waals surface area contributed by atoms with Crippen LogP contribution in [-0.4, -0.2) is 47.3 Å². The van der Waals surface area contributed by atoms with Crippen LogP contribution in [0.3, 0.4) is 0 Å². The number of likely N-dealkylation sites (tertiary alicyclic amines) is 1. The average Bonchev–Trinajstić information content (AvgIpc) is 3.30. The van der Waals surface area contributed by atoms with Crippen LogP contribution in [-0.2, 0) is 16.6 Å². The van der Waals surface area contributed by atoms with E-state index >= 15 is 0 Å². The molecule has 4 aliphatic rings. The van der Waals surface area contributed by atoms with Gasteiger partial charge in [-0.1, -0.05) is 43.0 Å². The Balaban J connectivity index is 1.20. The lowest BCUT2D eigenvalue weighted by molar-refractivity contribution is -0.168. The van der Waals surface area contributed by atoms with Crippen molar-refractivity contribution in [2.75, 3.05) is 13.6 Å². The number of likely N-dealkylation sites (N-methyl/N-ethyl adjacent to an activating group) is 1. The van der Waals surface area contributed by atoms with Gasteiger partial charge in [-0.3, -0.25) is 4.79 Å². The second kappa shape index (κ2) is 8.70. The third kappa shape index (κ3) is 3.44. The van der Waals surface area contributed by atoms with E-state index < -0.39 is 16.9 Å². The van der Waals surface area contributed by atoms with Crippen LogP contribution < -0.4 is 14.2 Å². The van der Waals surface area contributed by atoms with Gasteiger partial charge in [0, 0.05) is 11.6 Å². The molecular weight excluding hydrogens is 490 g/mol. The van der Waals surface area contributed by atoms with Crippen molar-refractivity contribution in [2.24, 2.45) is 0 Å². The van der Waals surface area contributed by atoms with Gasteiger partial charge in [-0.15, -0.1) is 0 Å². The third-order valence-electron chi connectivity index (χ3n) is 9.56. The van der Waals surface area contributed by atoms with Crippen molar-refractivity contribution in [3.8, 4) is 23.0 Å². The summed E-state index contributed by atoms with van der Waals surface area (Å²) in [5.74, 6) is 1.52. The molecule has 0 aromatic heterocycles. The molecular formula is C33H33NO5. The predicted molar refractivity (Wildman–Crippen MR) is 148 cm³/mol. The standard InChI is InChI=1S/C33H33NO5/c1-20-14-15-33(36)27-19-23-12-13-26(29-28(23)32(33,30(20)39-29)16-17-34(27)3)38-31(35)21(2)22-8-7-11-25(18-22)37-24-9-5-4-6-10-24/h4-13,18,21,27,30,36H,1,14-17,19H2,2-3H3/t21?,27?,30?,32?,33-/m1/s1. The molecule has 2 fully saturated rings. The lowest BCUT2D eigenvalue weighted by atomic mass is 9.48. The molecule has 7 rings (SSSR count). The number of carbonyl (C=O) groups excluding carboxylic acids is 1. The van der Waals surface area contributed by atoms with E-state index in [1.165, 1.54) is 5.56 Å². The van der Waals surface area contributed by atoms with Crippen LogP contribution in [0.2, 0.25) is 0 Å². The molecule has 2 aliphatic heterocycles. The fourth-order valence-corrected chi connectivity index (χ4v) is 7.54. The van der Waals surface area contributed by atoms with E-state index in [0.717, 1.165) is 48.3 Å². The Morgan fingerprint density at radius 1 is 1.10 bits per heavy atom. The van der Waals surface area contributed by atoms with Crippen LogP contribution in [0.15, 0.2) is 78.9 Å². The molecule has 3 aromatic carbocycles. The van der Waals surface area contributed by atoms with Gasteiger partial charge in [0.25, 0.3) is 0 Å². The number of para-hydroxylation sites is 1. The van der Waals surface area contributed by atoms with E-state index in [0.29, 0.717) is 23.7 Å². The quantitative estimate of drug-likeness (QED) is 0.270. The molecule has 2 heterocycles. The van der Waals surface area contributed by atoms with E-state index in [2.05, 4.69) is 24.6 Å². The number of rotatable bonds is 5. The van der Waals surface area contributed by atoms with Crippen molar-refractivity contribution < 1.29 is 24.1 Å². The summed E-state index contributed by atoms with van der Waals surface area (Å²) in [5, 5.41) is 12.3. The Bertz CT molecular complexity index is 1480. The first kappa shape index (κ1) is 24.4. The van der Waals surface area contributed by atoms with Crippen molar-refractivity contribution in [3.05, 3.63) is 95.6 Å². The molecule has 0 amide bonds. The number of carbonyl (C=O) groups is 1. The topological polar surface area (TPSA) is 68.2 Å². The second-order valence-electron chi connectivity index (χ2n) is 11.6. The fraction of sp³-hybridized carbons (Fsp3) is 0.364. The van der Waals surface area contributed by atoms with E-state index in [9.17, 15) is 9.90 Å². The molecule has 2 aliphatic carbocycles. The van der Waals surface area contributed by atoms with Crippen molar-refractivity contribution in [2.45, 2.75) is 61.7 Å². The summed E-state index contributed by atoms with van der Waals surface area (Å²) in [7, 11) is 2.10. The monoisotopic (exact) mass is 523 g/mol. The molecule has 2 bridgehead atoms. The van der Waals surface area contributed by atoms with E-state index in [1.807, 2.05) is 67.6 Å². The molecule has 1 N–H and O–H groups in total. The number of benzene rings is 3. The Morgan fingerprint density at radius 3 is 2.72 bits per heavy atom. The first-order chi connectivity index (χ1) is 18.8. The Hall–Kier alpha value is -3.61. The number of esters is 1. The third-order valence-corrected chi connectivity index (χ3v) is 9.56. The number of piperidine rings is 1. The van der Waals surface area contributed by atoms with Gasteiger partial charge in [-0.25, -0.2) is 0 Å². The molecule has 6 nitrogen and oxygen atoms in total. The van der Waals surface area contributed by atoms with Gasteiger partial charge >= 0.3 is 5.97 Å². The number of hydrogen-bond acceptors (Lipinski definition) is 6. The largest absolute Gasteiger partial charge is 0.481 e. The smallest absolute Gasteiger partial charge is 0.318 e. The van der Waals surface area contributed by atoms with E-state index in [4.69, 9.17) is 14.2 Å². The van der Waals surface area contributed by atoms with Crippen molar-refractivity contribution in [1.29, 1.82) is 0 Å². The van der Waals surface area contributed by atoms with Crippen molar-refractivity contribution in [3.63, 3.8) is 0 Å². The highest BCUT2D eigenvalue weighted by Crippen LogP contribution is 2.66.